The number of nitrogens with zero attached hydrogens (tertiary/aromatic N) is 4. The van der Waals surface area contributed by atoms with Crippen LogP contribution in [0.5, 0.6) is 0 Å². The van der Waals surface area contributed by atoms with E-state index in [1.807, 2.05) is 30.3 Å². The largest absolute Gasteiger partial charge is 0.348 e. The molecule has 0 bridgehead atoms. The molecule has 6 rings (SSSR count). The van der Waals surface area contributed by atoms with Crippen molar-refractivity contribution in [2.24, 2.45) is 5.92 Å². The fourth-order valence-corrected chi connectivity index (χ4v) is 6.28. The smallest absolute Gasteiger partial charge is 0.332 e. The number of benzene rings is 1. The molecule has 1 aromatic carbocycles. The Morgan fingerprint density at radius 2 is 2.00 bits per heavy atom. The highest BCUT2D eigenvalue weighted by atomic mass is 32.1. The van der Waals surface area contributed by atoms with Crippen LogP contribution in [-0.2, 0) is 4.79 Å². The van der Waals surface area contributed by atoms with Crippen LogP contribution in [0.25, 0.3) is 21.5 Å². The number of allylic oxidation sites excluding steroid dienone is 1. The number of amides is 3. The van der Waals surface area contributed by atoms with Gasteiger partial charge < -0.3 is 10.6 Å². The van der Waals surface area contributed by atoms with Crippen molar-refractivity contribution >= 4 is 56.5 Å². The predicted octanol–water partition coefficient (Wildman–Crippen LogP) is 5.48. The molecule has 1 aliphatic heterocycles. The lowest BCUT2D eigenvalue weighted by atomic mass is 9.97. The number of anilines is 3. The summed E-state index contributed by atoms with van der Waals surface area (Å²) in [6, 6.07) is 12.6. The van der Waals surface area contributed by atoms with Gasteiger partial charge in [-0.15, -0.1) is 11.3 Å². The van der Waals surface area contributed by atoms with Gasteiger partial charge in [0.25, 0.3) is 5.91 Å². The number of pyridine rings is 1. The lowest BCUT2D eigenvalue weighted by Gasteiger charge is -2.27. The summed E-state index contributed by atoms with van der Waals surface area (Å²) >= 11 is 1.23. The van der Waals surface area contributed by atoms with E-state index < -0.39 is 6.03 Å². The summed E-state index contributed by atoms with van der Waals surface area (Å²) in [5.74, 6) is 0.186. The van der Waals surface area contributed by atoms with E-state index in [1.165, 1.54) is 28.6 Å². The van der Waals surface area contributed by atoms with Crippen molar-refractivity contribution in [2.45, 2.75) is 31.7 Å². The van der Waals surface area contributed by atoms with Gasteiger partial charge in [0.15, 0.2) is 5.78 Å². The van der Waals surface area contributed by atoms with Gasteiger partial charge in [0.05, 0.1) is 22.5 Å². The first kappa shape index (κ1) is 23.9. The summed E-state index contributed by atoms with van der Waals surface area (Å²) in [5.41, 5.74) is 2.63. The lowest BCUT2D eigenvalue weighted by Crippen LogP contribution is -2.39. The Labute approximate surface area is 222 Å². The average molecular weight is 525 g/mol. The van der Waals surface area contributed by atoms with E-state index in [0.29, 0.717) is 44.4 Å². The second kappa shape index (κ2) is 9.79. The average Bonchev–Trinajstić information content (AvgIpc) is 3.54. The van der Waals surface area contributed by atoms with Crippen LogP contribution >= 0.6 is 11.3 Å². The summed E-state index contributed by atoms with van der Waals surface area (Å²) in [4.78, 5) is 54.5. The van der Waals surface area contributed by atoms with E-state index in [-0.39, 0.29) is 23.7 Å². The number of thiophene rings is 1. The van der Waals surface area contributed by atoms with E-state index in [4.69, 9.17) is 0 Å². The molecule has 3 amide bonds. The Bertz CT molecular complexity index is 1580. The molecule has 38 heavy (non-hydrogen) atoms. The normalized spacial score (nSPS) is 18.3. The van der Waals surface area contributed by atoms with Gasteiger partial charge in [-0.2, -0.15) is 0 Å². The van der Waals surface area contributed by atoms with Crippen LogP contribution in [0.15, 0.2) is 67.6 Å². The number of carbonyl (C=O) groups is 3. The summed E-state index contributed by atoms with van der Waals surface area (Å²) in [6.07, 6.45) is 7.39. The van der Waals surface area contributed by atoms with Crippen LogP contribution in [-0.4, -0.2) is 38.7 Å². The molecule has 2 aliphatic rings. The summed E-state index contributed by atoms with van der Waals surface area (Å²) in [7, 11) is 0. The number of nitrogens with one attached hydrogen (secondary N) is 2. The Hall–Kier alpha value is -4.44. The summed E-state index contributed by atoms with van der Waals surface area (Å²) in [5, 5.41) is 6.70. The third kappa shape index (κ3) is 4.22. The second-order valence-electron chi connectivity index (χ2n) is 9.35. The van der Waals surface area contributed by atoms with Gasteiger partial charge in [0.2, 0.25) is 0 Å². The van der Waals surface area contributed by atoms with Crippen molar-refractivity contribution < 1.29 is 14.4 Å². The zero-order valence-corrected chi connectivity index (χ0v) is 21.2. The van der Waals surface area contributed by atoms with Crippen LogP contribution in [0.3, 0.4) is 0 Å². The molecule has 0 spiro atoms. The highest BCUT2D eigenvalue weighted by Gasteiger charge is 2.35. The van der Waals surface area contributed by atoms with E-state index in [2.05, 4.69) is 32.2 Å². The molecule has 10 heteroatoms. The van der Waals surface area contributed by atoms with E-state index in [9.17, 15) is 14.4 Å². The van der Waals surface area contributed by atoms with Gasteiger partial charge >= 0.3 is 6.03 Å². The highest BCUT2D eigenvalue weighted by molar-refractivity contribution is 7.21. The molecule has 3 aromatic heterocycles. The first-order valence-corrected chi connectivity index (χ1v) is 13.2. The Morgan fingerprint density at radius 1 is 1.16 bits per heavy atom. The zero-order valence-electron chi connectivity index (χ0n) is 20.4. The van der Waals surface area contributed by atoms with E-state index in [0.717, 1.165) is 24.8 Å². The SMILES string of the molecule is C=CC(=O)C[C@H]1CCC[C@H]1NC(=O)c1sc2nccc3c2c1NC(=O)N3c1cc(-c2ccccc2)ncn1. The number of rotatable bonds is 7. The van der Waals surface area contributed by atoms with E-state index >= 15 is 0 Å². The van der Waals surface area contributed by atoms with Crippen molar-refractivity contribution in [1.82, 2.24) is 20.3 Å². The molecule has 1 saturated carbocycles. The molecular weight excluding hydrogens is 500 g/mol. The fraction of sp³-hybridized carbons (Fsp3) is 0.214. The number of hydrogen-bond acceptors (Lipinski definition) is 7. The minimum atomic E-state index is -0.425. The van der Waals surface area contributed by atoms with Gasteiger partial charge in [0, 0.05) is 30.3 Å². The number of ketones is 1. The lowest BCUT2D eigenvalue weighted by molar-refractivity contribution is -0.115. The maximum Gasteiger partial charge on any atom is 0.332 e. The van der Waals surface area contributed by atoms with Crippen LogP contribution in [0.1, 0.15) is 35.4 Å². The molecule has 0 radical (unpaired) electrons. The molecule has 9 nitrogen and oxygen atoms in total. The molecule has 2 N–H and O–H groups in total. The molecule has 1 aliphatic carbocycles. The van der Waals surface area contributed by atoms with E-state index in [1.54, 1.807) is 18.3 Å². The Balaban J connectivity index is 1.34. The Morgan fingerprint density at radius 3 is 2.82 bits per heavy atom. The predicted molar refractivity (Wildman–Crippen MR) is 147 cm³/mol. The van der Waals surface area contributed by atoms with Crippen LogP contribution in [0.2, 0.25) is 0 Å². The third-order valence-corrected chi connectivity index (χ3v) is 8.17. The maximum absolute atomic E-state index is 13.4. The number of hydrogen-bond donors (Lipinski definition) is 2. The minimum Gasteiger partial charge on any atom is -0.348 e. The van der Waals surface area contributed by atoms with Crippen LogP contribution in [0, 0.1) is 5.92 Å². The summed E-state index contributed by atoms with van der Waals surface area (Å²) < 4.78 is 0. The summed E-state index contributed by atoms with van der Waals surface area (Å²) in [6.45, 7) is 3.56. The molecule has 1 fully saturated rings. The van der Waals surface area contributed by atoms with Crippen LogP contribution < -0.4 is 15.5 Å². The molecule has 0 saturated heterocycles. The Kier molecular flexibility index (Phi) is 6.16. The standard InChI is InChI=1S/C28H24N6O3S/c1-2-18(35)13-17-9-6-10-19(17)32-26(36)25-24-23-21(11-12-29-27(23)38-25)34(28(37)33-24)22-14-20(30-15-31-22)16-7-4-3-5-8-16/h2-5,7-8,11-12,14-15,17,19H,1,6,9-10,13H2,(H,32,36)(H,33,37)/t17-,19-/m1/s1. The first-order valence-electron chi connectivity index (χ1n) is 12.4. The van der Waals surface area contributed by atoms with Gasteiger partial charge in [-0.05, 0) is 30.9 Å². The molecule has 0 unspecified atom stereocenters. The minimum absolute atomic E-state index is 0.0190. The quantitative estimate of drug-likeness (QED) is 0.309. The third-order valence-electron chi connectivity index (χ3n) is 7.07. The topological polar surface area (TPSA) is 117 Å². The fourth-order valence-electron chi connectivity index (χ4n) is 5.25. The number of urea groups is 1. The second-order valence-corrected chi connectivity index (χ2v) is 10.4. The highest BCUT2D eigenvalue weighted by Crippen LogP contribution is 2.45. The number of aromatic nitrogens is 3. The van der Waals surface area contributed by atoms with Crippen LogP contribution in [0.4, 0.5) is 22.0 Å². The monoisotopic (exact) mass is 524 g/mol. The number of carbonyl (C=O) groups excluding carboxylic acids is 3. The van der Waals surface area contributed by atoms with Crippen molar-refractivity contribution in [3.8, 4) is 11.3 Å². The van der Waals surface area contributed by atoms with Crippen molar-refractivity contribution in [3.05, 3.63) is 72.5 Å². The van der Waals surface area contributed by atoms with Gasteiger partial charge in [0.1, 0.15) is 21.9 Å². The van der Waals surface area contributed by atoms with Crippen molar-refractivity contribution in [3.63, 3.8) is 0 Å². The zero-order chi connectivity index (χ0) is 26.2. The van der Waals surface area contributed by atoms with Gasteiger partial charge in [-0.25, -0.2) is 24.6 Å². The van der Waals surface area contributed by atoms with Gasteiger partial charge in [-0.3, -0.25) is 9.59 Å². The molecule has 190 valence electrons. The van der Waals surface area contributed by atoms with Gasteiger partial charge in [-0.1, -0.05) is 43.3 Å². The molecule has 4 aromatic rings. The molecule has 4 heterocycles. The first-order chi connectivity index (χ1) is 18.5. The molecule has 2 atom stereocenters. The van der Waals surface area contributed by atoms with Crippen molar-refractivity contribution in [2.75, 3.05) is 10.2 Å². The maximum atomic E-state index is 13.4. The van der Waals surface area contributed by atoms with Crippen molar-refractivity contribution in [1.29, 1.82) is 0 Å². The molecular formula is C28H24N6O3S.